The number of unbranched alkanes of at least 4 members (excludes halogenated alkanes) is 13. The Labute approximate surface area is 176 Å². The molecular formula is C23H40FO4P. The Morgan fingerprint density at radius 1 is 0.828 bits per heavy atom. The monoisotopic (exact) mass is 430 g/mol. The number of para-hydroxylation sites is 1. The van der Waals surface area contributed by atoms with Gasteiger partial charge in [0.25, 0.3) is 0 Å². The van der Waals surface area contributed by atoms with E-state index in [1.54, 1.807) is 12.1 Å². The number of hydrogen-bond donors (Lipinski definition) is 1. The molecule has 168 valence electrons. The van der Waals surface area contributed by atoms with Crippen molar-refractivity contribution in [2.24, 2.45) is 0 Å². The minimum Gasteiger partial charge on any atom is -0.404 e. The van der Waals surface area contributed by atoms with Crippen LogP contribution in [0.25, 0.3) is 0 Å². The van der Waals surface area contributed by atoms with Crippen molar-refractivity contribution in [3.05, 3.63) is 29.8 Å². The maximum atomic E-state index is 12.9. The van der Waals surface area contributed by atoms with Crippen LogP contribution in [0.15, 0.2) is 24.3 Å². The summed E-state index contributed by atoms with van der Waals surface area (Å²) in [5.74, 6) is 0.0572. The number of rotatable bonds is 19. The van der Waals surface area contributed by atoms with E-state index in [1.165, 1.54) is 82.8 Å². The molecule has 0 saturated heterocycles. The largest absolute Gasteiger partial charge is 0.527 e. The molecule has 0 aliphatic rings. The molecule has 0 aliphatic carbocycles. The molecule has 6 heteroatoms. The third-order valence-electron chi connectivity index (χ3n) is 5.08. The second-order valence-electron chi connectivity index (χ2n) is 7.73. The highest BCUT2D eigenvalue weighted by atomic mass is 31.2. The van der Waals surface area contributed by atoms with Gasteiger partial charge in [0.1, 0.15) is 12.4 Å². The third-order valence-corrected chi connectivity index (χ3v) is 6.02. The van der Waals surface area contributed by atoms with Crippen molar-refractivity contribution in [1.82, 2.24) is 0 Å². The predicted molar refractivity (Wildman–Crippen MR) is 118 cm³/mol. The summed E-state index contributed by atoms with van der Waals surface area (Å²) < 4.78 is 34.8. The van der Waals surface area contributed by atoms with Crippen LogP contribution in [-0.4, -0.2) is 11.5 Å². The first-order valence-corrected chi connectivity index (χ1v) is 12.9. The van der Waals surface area contributed by atoms with E-state index >= 15 is 0 Å². The summed E-state index contributed by atoms with van der Waals surface area (Å²) in [7, 11) is -4.21. The third kappa shape index (κ3) is 13.9. The molecule has 0 radical (unpaired) electrons. The quantitative estimate of drug-likeness (QED) is 0.178. The Morgan fingerprint density at radius 2 is 1.31 bits per heavy atom. The van der Waals surface area contributed by atoms with E-state index in [0.29, 0.717) is 0 Å². The number of halogens is 1. The first-order valence-electron chi connectivity index (χ1n) is 11.4. The standard InChI is InChI=1S/C23H40FO4P/c1-2-3-4-5-6-7-8-9-10-11-12-13-14-17-20-27-29(25,26)28-23-19-16-15-18-22(23)21-24/h15-16,18-19H,2-14,17,20-21H2,1H3,(H,25,26). The maximum Gasteiger partial charge on any atom is 0.527 e. The van der Waals surface area contributed by atoms with Gasteiger partial charge in [0.2, 0.25) is 0 Å². The summed E-state index contributed by atoms with van der Waals surface area (Å²) in [4.78, 5) is 9.78. The van der Waals surface area contributed by atoms with Gasteiger partial charge in [0.05, 0.1) is 6.61 Å². The predicted octanol–water partition coefficient (Wildman–Crippen LogP) is 8.13. The van der Waals surface area contributed by atoms with E-state index in [-0.39, 0.29) is 17.9 Å². The van der Waals surface area contributed by atoms with Gasteiger partial charge in [0, 0.05) is 5.56 Å². The van der Waals surface area contributed by atoms with Crippen molar-refractivity contribution in [3.63, 3.8) is 0 Å². The zero-order valence-corrected chi connectivity index (χ0v) is 19.0. The van der Waals surface area contributed by atoms with Gasteiger partial charge in [0.15, 0.2) is 0 Å². The summed E-state index contributed by atoms with van der Waals surface area (Å²) in [5.41, 5.74) is 0.238. The van der Waals surface area contributed by atoms with Crippen LogP contribution in [0, 0.1) is 0 Å². The molecule has 0 spiro atoms. The molecule has 1 atom stereocenters. The van der Waals surface area contributed by atoms with Gasteiger partial charge < -0.3 is 4.52 Å². The van der Waals surface area contributed by atoms with Crippen molar-refractivity contribution in [2.45, 2.75) is 103 Å². The molecule has 0 bridgehead atoms. The molecule has 4 nitrogen and oxygen atoms in total. The van der Waals surface area contributed by atoms with Crippen LogP contribution < -0.4 is 4.52 Å². The van der Waals surface area contributed by atoms with Crippen LogP contribution in [0.2, 0.25) is 0 Å². The fraction of sp³-hybridized carbons (Fsp3) is 0.739. The lowest BCUT2D eigenvalue weighted by Crippen LogP contribution is -2.00. The van der Waals surface area contributed by atoms with Gasteiger partial charge in [-0.1, -0.05) is 109 Å². The van der Waals surface area contributed by atoms with E-state index < -0.39 is 14.5 Å². The van der Waals surface area contributed by atoms with Gasteiger partial charge >= 0.3 is 7.82 Å². The summed E-state index contributed by atoms with van der Waals surface area (Å²) in [6, 6.07) is 6.26. The second-order valence-corrected chi connectivity index (χ2v) is 9.11. The molecule has 1 unspecified atom stereocenters. The van der Waals surface area contributed by atoms with Crippen LogP contribution in [-0.2, 0) is 15.8 Å². The smallest absolute Gasteiger partial charge is 0.404 e. The number of hydrogen-bond acceptors (Lipinski definition) is 3. The number of phosphoric ester groups is 1. The molecule has 0 amide bonds. The van der Waals surface area contributed by atoms with Gasteiger partial charge in [-0.15, -0.1) is 0 Å². The van der Waals surface area contributed by atoms with Crippen LogP contribution >= 0.6 is 7.82 Å². The highest BCUT2D eigenvalue weighted by molar-refractivity contribution is 7.47. The van der Waals surface area contributed by atoms with Gasteiger partial charge in [-0.2, -0.15) is 0 Å². The Balaban J connectivity index is 1.95. The van der Waals surface area contributed by atoms with Gasteiger partial charge in [-0.3, -0.25) is 9.42 Å². The lowest BCUT2D eigenvalue weighted by atomic mass is 10.0. The van der Waals surface area contributed by atoms with Crippen molar-refractivity contribution in [3.8, 4) is 5.75 Å². The van der Waals surface area contributed by atoms with E-state index in [0.717, 1.165) is 19.3 Å². The van der Waals surface area contributed by atoms with Gasteiger partial charge in [-0.05, 0) is 12.5 Å². The first kappa shape index (κ1) is 26.1. The van der Waals surface area contributed by atoms with Crippen molar-refractivity contribution >= 4 is 7.82 Å². The van der Waals surface area contributed by atoms with Crippen molar-refractivity contribution in [2.75, 3.05) is 6.61 Å². The molecule has 0 aliphatic heterocycles. The van der Waals surface area contributed by atoms with Gasteiger partial charge in [-0.25, -0.2) is 8.96 Å². The molecule has 0 aromatic heterocycles. The second kappa shape index (κ2) is 16.8. The molecule has 29 heavy (non-hydrogen) atoms. The fourth-order valence-corrected chi connectivity index (χ4v) is 4.17. The molecule has 1 aromatic carbocycles. The number of alkyl halides is 1. The fourth-order valence-electron chi connectivity index (χ4n) is 3.33. The minimum absolute atomic E-state index is 0.0572. The topological polar surface area (TPSA) is 55.8 Å². The normalized spacial score (nSPS) is 13.3. The van der Waals surface area contributed by atoms with E-state index in [9.17, 15) is 13.8 Å². The average molecular weight is 431 g/mol. The first-order chi connectivity index (χ1) is 14.1. The molecule has 1 rings (SSSR count). The Bertz CT molecular complexity index is 568. The van der Waals surface area contributed by atoms with Crippen molar-refractivity contribution in [1.29, 1.82) is 0 Å². The van der Waals surface area contributed by atoms with E-state index in [1.807, 2.05) is 0 Å². The van der Waals surface area contributed by atoms with Crippen LogP contribution in [0.5, 0.6) is 5.75 Å². The Hall–Kier alpha value is -0.900. The van der Waals surface area contributed by atoms with E-state index in [4.69, 9.17) is 9.05 Å². The lowest BCUT2D eigenvalue weighted by Gasteiger charge is -2.14. The van der Waals surface area contributed by atoms with Crippen LogP contribution in [0.3, 0.4) is 0 Å². The SMILES string of the molecule is CCCCCCCCCCCCCCCCOP(=O)(O)Oc1ccccc1CF. The minimum atomic E-state index is -4.21. The highest BCUT2D eigenvalue weighted by Gasteiger charge is 2.23. The molecule has 0 fully saturated rings. The highest BCUT2D eigenvalue weighted by Crippen LogP contribution is 2.45. The Kier molecular flexibility index (Phi) is 15.2. The molecule has 0 heterocycles. The molecule has 1 N–H and O–H groups in total. The van der Waals surface area contributed by atoms with Crippen molar-refractivity contribution < 1.29 is 22.9 Å². The van der Waals surface area contributed by atoms with Crippen LogP contribution in [0.4, 0.5) is 4.39 Å². The summed E-state index contributed by atoms with van der Waals surface area (Å²) in [6.45, 7) is 1.67. The average Bonchev–Trinajstić information content (AvgIpc) is 2.71. The molecule has 0 saturated carbocycles. The van der Waals surface area contributed by atoms with E-state index in [2.05, 4.69) is 6.92 Å². The lowest BCUT2D eigenvalue weighted by molar-refractivity contribution is 0.198. The molecule has 1 aromatic rings. The zero-order chi connectivity index (χ0) is 21.2. The zero-order valence-electron chi connectivity index (χ0n) is 18.1. The van der Waals surface area contributed by atoms with Crippen LogP contribution in [0.1, 0.15) is 102 Å². The summed E-state index contributed by atoms with van der Waals surface area (Å²) in [5, 5.41) is 0. The summed E-state index contributed by atoms with van der Waals surface area (Å²) in [6.07, 6.45) is 17.5. The number of benzene rings is 1. The maximum absolute atomic E-state index is 12.9. The molecular weight excluding hydrogens is 390 g/mol. The Morgan fingerprint density at radius 3 is 1.83 bits per heavy atom. The number of phosphoric acid groups is 1. The summed E-state index contributed by atoms with van der Waals surface area (Å²) >= 11 is 0.